The van der Waals surface area contributed by atoms with Crippen molar-refractivity contribution in [1.29, 1.82) is 0 Å². The molecule has 0 saturated carbocycles. The summed E-state index contributed by atoms with van der Waals surface area (Å²) < 4.78 is 10.2. The molecule has 0 aliphatic heterocycles. The van der Waals surface area contributed by atoms with Gasteiger partial charge < -0.3 is 14.6 Å². The molecule has 1 aromatic carbocycles. The van der Waals surface area contributed by atoms with Gasteiger partial charge in [0.25, 0.3) is 0 Å². The first kappa shape index (κ1) is 16.2. The molecule has 0 radical (unpaired) electrons. The van der Waals surface area contributed by atoms with Crippen molar-refractivity contribution in [2.45, 2.75) is 13.0 Å². The molecule has 0 amide bonds. The minimum Gasteiger partial charge on any atom is -0.508 e. The lowest BCUT2D eigenvalue weighted by atomic mass is 10.2. The van der Waals surface area contributed by atoms with Gasteiger partial charge in [-0.25, -0.2) is 0 Å². The van der Waals surface area contributed by atoms with E-state index in [1.54, 1.807) is 32.4 Å². The number of phenolic OH excluding ortho intramolecular Hbond substituents is 1. The fourth-order valence-electron chi connectivity index (χ4n) is 1.85. The van der Waals surface area contributed by atoms with E-state index >= 15 is 0 Å². The molecule has 108 valence electrons. The van der Waals surface area contributed by atoms with Gasteiger partial charge in [-0.15, -0.1) is 0 Å². The number of methoxy groups -OCH3 is 2. The average molecular weight is 288 g/mol. The number of hydrogen-bond donors (Lipinski definition) is 1. The summed E-state index contributed by atoms with van der Waals surface area (Å²) in [6.07, 6.45) is 0.936. The maximum absolute atomic E-state index is 9.87. The summed E-state index contributed by atoms with van der Waals surface area (Å²) in [6.45, 7) is 3.65. The van der Waals surface area contributed by atoms with Gasteiger partial charge >= 0.3 is 0 Å². The minimum absolute atomic E-state index is 0.238. The Morgan fingerprint density at radius 2 is 1.89 bits per heavy atom. The Balaban J connectivity index is 2.64. The Morgan fingerprint density at radius 3 is 2.53 bits per heavy atom. The van der Waals surface area contributed by atoms with Crippen molar-refractivity contribution in [2.75, 3.05) is 40.5 Å². The zero-order valence-corrected chi connectivity index (χ0v) is 12.3. The number of benzene rings is 1. The van der Waals surface area contributed by atoms with Crippen LogP contribution in [0.3, 0.4) is 0 Å². The summed E-state index contributed by atoms with van der Waals surface area (Å²) in [4.78, 5) is 2.20. The van der Waals surface area contributed by atoms with E-state index < -0.39 is 0 Å². The molecule has 0 unspecified atom stereocenters. The molecule has 4 nitrogen and oxygen atoms in total. The molecule has 0 aromatic heterocycles. The normalized spacial score (nSPS) is 11.2. The van der Waals surface area contributed by atoms with Crippen LogP contribution in [0.15, 0.2) is 18.2 Å². The van der Waals surface area contributed by atoms with Crippen LogP contribution >= 0.6 is 11.6 Å². The first-order valence-electron chi connectivity index (χ1n) is 6.35. The number of phenols is 1. The predicted octanol–water partition coefficient (Wildman–Crippen LogP) is 2.53. The molecule has 0 bridgehead atoms. The van der Waals surface area contributed by atoms with Gasteiger partial charge in [-0.3, -0.25) is 4.90 Å². The molecule has 1 rings (SSSR count). The van der Waals surface area contributed by atoms with Crippen LogP contribution in [-0.4, -0.2) is 50.5 Å². The monoisotopic (exact) mass is 287 g/mol. The third-order valence-electron chi connectivity index (χ3n) is 2.91. The van der Waals surface area contributed by atoms with E-state index in [0.29, 0.717) is 18.2 Å². The highest BCUT2D eigenvalue weighted by molar-refractivity contribution is 6.31. The summed E-state index contributed by atoms with van der Waals surface area (Å²) in [6, 6.07) is 5.19. The molecule has 1 aromatic rings. The lowest BCUT2D eigenvalue weighted by Gasteiger charge is -2.22. The fourth-order valence-corrected chi connectivity index (χ4v) is 2.08. The summed E-state index contributed by atoms with van der Waals surface area (Å²) in [7, 11) is 3.37. The summed E-state index contributed by atoms with van der Waals surface area (Å²) in [5.41, 5.74) is 0.762. The number of aromatic hydroxyl groups is 1. The quantitative estimate of drug-likeness (QED) is 0.709. The van der Waals surface area contributed by atoms with E-state index in [4.69, 9.17) is 21.1 Å². The molecule has 0 aliphatic rings. The third-order valence-corrected chi connectivity index (χ3v) is 3.26. The maximum atomic E-state index is 9.87. The third kappa shape index (κ3) is 5.78. The number of nitrogens with zero attached hydrogens (tertiary/aromatic N) is 1. The van der Waals surface area contributed by atoms with E-state index in [1.807, 2.05) is 0 Å². The van der Waals surface area contributed by atoms with Crippen molar-refractivity contribution in [3.63, 3.8) is 0 Å². The average Bonchev–Trinajstić information content (AvgIpc) is 2.39. The van der Waals surface area contributed by atoms with Crippen LogP contribution in [0.5, 0.6) is 5.75 Å². The number of halogens is 1. The highest BCUT2D eigenvalue weighted by atomic mass is 35.5. The van der Waals surface area contributed by atoms with Crippen molar-refractivity contribution in [1.82, 2.24) is 4.90 Å². The predicted molar refractivity (Wildman–Crippen MR) is 76.8 cm³/mol. The molecule has 0 fully saturated rings. The maximum Gasteiger partial charge on any atom is 0.121 e. The number of hydrogen-bond acceptors (Lipinski definition) is 4. The molecule has 19 heavy (non-hydrogen) atoms. The summed E-state index contributed by atoms with van der Waals surface area (Å²) >= 11 is 6.13. The zero-order valence-electron chi connectivity index (χ0n) is 11.6. The first-order valence-corrected chi connectivity index (χ1v) is 6.73. The van der Waals surface area contributed by atoms with E-state index in [0.717, 1.165) is 31.7 Å². The molecular weight excluding hydrogens is 266 g/mol. The Kier molecular flexibility index (Phi) is 7.82. The van der Waals surface area contributed by atoms with Gasteiger partial charge in [0, 0.05) is 51.0 Å². The standard InChI is InChI=1S/C14H22ClNO3/c1-18-9-4-7-16(8-10-19-2)11-12-13(15)5-3-6-14(12)17/h3,5-6,17H,4,7-11H2,1-2H3. The SMILES string of the molecule is COCCCN(CCOC)Cc1c(O)cccc1Cl. The second kappa shape index (κ2) is 9.15. The molecule has 0 saturated heterocycles. The first-order chi connectivity index (χ1) is 9.19. The van der Waals surface area contributed by atoms with Gasteiger partial charge in [-0.1, -0.05) is 17.7 Å². The van der Waals surface area contributed by atoms with Crippen LogP contribution in [0.2, 0.25) is 5.02 Å². The lowest BCUT2D eigenvalue weighted by Crippen LogP contribution is -2.29. The number of ether oxygens (including phenoxy) is 2. The van der Waals surface area contributed by atoms with Crippen molar-refractivity contribution in [3.05, 3.63) is 28.8 Å². The van der Waals surface area contributed by atoms with Crippen LogP contribution in [0, 0.1) is 0 Å². The molecule has 0 atom stereocenters. The minimum atomic E-state index is 0.238. The van der Waals surface area contributed by atoms with Crippen molar-refractivity contribution in [2.24, 2.45) is 0 Å². The fraction of sp³-hybridized carbons (Fsp3) is 0.571. The lowest BCUT2D eigenvalue weighted by molar-refractivity contribution is 0.128. The molecule has 0 spiro atoms. The van der Waals surface area contributed by atoms with Gasteiger partial charge in [0.05, 0.1) is 6.61 Å². The molecule has 5 heteroatoms. The molecule has 0 aliphatic carbocycles. The molecule has 0 heterocycles. The van der Waals surface area contributed by atoms with E-state index in [9.17, 15) is 5.11 Å². The second-order valence-electron chi connectivity index (χ2n) is 4.35. The van der Waals surface area contributed by atoms with Crippen molar-refractivity contribution < 1.29 is 14.6 Å². The largest absolute Gasteiger partial charge is 0.508 e. The summed E-state index contributed by atoms with van der Waals surface area (Å²) in [5.74, 6) is 0.238. The second-order valence-corrected chi connectivity index (χ2v) is 4.76. The zero-order chi connectivity index (χ0) is 14.1. The smallest absolute Gasteiger partial charge is 0.121 e. The van der Waals surface area contributed by atoms with Gasteiger partial charge in [-0.05, 0) is 18.6 Å². The Labute approximate surface area is 119 Å². The summed E-state index contributed by atoms with van der Waals surface area (Å²) in [5, 5.41) is 10.5. The highest BCUT2D eigenvalue weighted by Crippen LogP contribution is 2.26. The van der Waals surface area contributed by atoms with E-state index in [-0.39, 0.29) is 5.75 Å². The topological polar surface area (TPSA) is 41.9 Å². The van der Waals surface area contributed by atoms with Crippen molar-refractivity contribution in [3.8, 4) is 5.75 Å². The van der Waals surface area contributed by atoms with Crippen LogP contribution in [0.1, 0.15) is 12.0 Å². The van der Waals surface area contributed by atoms with E-state index in [1.165, 1.54) is 0 Å². The van der Waals surface area contributed by atoms with Crippen LogP contribution in [-0.2, 0) is 16.0 Å². The Morgan fingerprint density at radius 1 is 1.16 bits per heavy atom. The van der Waals surface area contributed by atoms with Gasteiger partial charge in [-0.2, -0.15) is 0 Å². The van der Waals surface area contributed by atoms with Crippen LogP contribution < -0.4 is 0 Å². The van der Waals surface area contributed by atoms with E-state index in [2.05, 4.69) is 4.90 Å². The highest BCUT2D eigenvalue weighted by Gasteiger charge is 2.11. The molecule has 1 N–H and O–H groups in total. The van der Waals surface area contributed by atoms with Gasteiger partial charge in [0.15, 0.2) is 0 Å². The van der Waals surface area contributed by atoms with Gasteiger partial charge in [0.1, 0.15) is 5.75 Å². The van der Waals surface area contributed by atoms with Crippen molar-refractivity contribution >= 4 is 11.6 Å². The van der Waals surface area contributed by atoms with Crippen LogP contribution in [0.25, 0.3) is 0 Å². The number of rotatable bonds is 9. The van der Waals surface area contributed by atoms with Gasteiger partial charge in [0.2, 0.25) is 0 Å². The molecular formula is C14H22ClNO3. The van der Waals surface area contributed by atoms with Crippen LogP contribution in [0.4, 0.5) is 0 Å². The Hall–Kier alpha value is -0.810. The Bertz CT molecular complexity index is 353.